The van der Waals surface area contributed by atoms with Crippen LogP contribution >= 0.6 is 11.6 Å². The van der Waals surface area contributed by atoms with E-state index in [1.807, 2.05) is 39.7 Å². The molecule has 30 heavy (non-hydrogen) atoms. The molecule has 4 aromatic rings. The topological polar surface area (TPSA) is 71.8 Å². The van der Waals surface area contributed by atoms with Crippen LogP contribution in [0.3, 0.4) is 0 Å². The lowest BCUT2D eigenvalue weighted by Gasteiger charge is -2.23. The first-order valence-corrected chi connectivity index (χ1v) is 10.5. The van der Waals surface area contributed by atoms with Crippen LogP contribution in [0.1, 0.15) is 38.3 Å². The van der Waals surface area contributed by atoms with Crippen molar-refractivity contribution < 1.29 is 0 Å². The zero-order valence-electron chi connectivity index (χ0n) is 16.7. The van der Waals surface area contributed by atoms with Crippen molar-refractivity contribution in [2.45, 2.75) is 39.2 Å². The summed E-state index contributed by atoms with van der Waals surface area (Å²) in [5, 5.41) is 14.6. The minimum atomic E-state index is 0.240. The predicted octanol–water partition coefficient (Wildman–Crippen LogP) is 5.37. The van der Waals surface area contributed by atoms with Gasteiger partial charge in [-0.2, -0.15) is 10.4 Å². The Labute approximate surface area is 179 Å². The third kappa shape index (κ3) is 3.25. The second-order valence-electron chi connectivity index (χ2n) is 8.34. The van der Waals surface area contributed by atoms with E-state index in [9.17, 15) is 5.26 Å². The third-order valence-corrected chi connectivity index (χ3v) is 6.49. The Morgan fingerprint density at radius 2 is 2.00 bits per heavy atom. The molecule has 4 aromatic heterocycles. The number of hydrogen-bond donors (Lipinski definition) is 0. The molecule has 0 saturated heterocycles. The van der Waals surface area contributed by atoms with Gasteiger partial charge in [0, 0.05) is 41.8 Å². The molecule has 0 unspecified atom stereocenters. The lowest BCUT2D eigenvalue weighted by molar-refractivity contribution is 0.268. The molecule has 0 N–H and O–H groups in total. The van der Waals surface area contributed by atoms with Crippen molar-refractivity contribution in [3.8, 4) is 28.5 Å². The maximum absolute atomic E-state index is 9.38. The summed E-state index contributed by atoms with van der Waals surface area (Å²) in [6, 6.07) is 9.70. The average Bonchev–Trinajstić information content (AvgIpc) is 3.48. The first-order valence-electron chi connectivity index (χ1n) is 10.1. The Morgan fingerprint density at radius 1 is 1.17 bits per heavy atom. The van der Waals surface area contributed by atoms with Crippen LogP contribution in [-0.2, 0) is 6.54 Å². The number of nitriles is 1. The number of nitrogens with zero attached hydrogens (tertiary/aromatic N) is 6. The first kappa shape index (κ1) is 18.8. The molecule has 6 nitrogen and oxygen atoms in total. The van der Waals surface area contributed by atoms with E-state index in [1.165, 1.54) is 25.7 Å². The van der Waals surface area contributed by atoms with Crippen molar-refractivity contribution in [3.05, 3.63) is 59.9 Å². The molecule has 5 rings (SSSR count). The molecule has 7 heteroatoms. The van der Waals surface area contributed by atoms with Gasteiger partial charge in [0.1, 0.15) is 22.6 Å². The van der Waals surface area contributed by atoms with E-state index >= 15 is 0 Å². The molecule has 1 aliphatic carbocycles. The summed E-state index contributed by atoms with van der Waals surface area (Å²) in [6.45, 7) is 3.12. The number of aromatic nitrogens is 5. The lowest BCUT2D eigenvalue weighted by Crippen LogP contribution is -2.20. The highest BCUT2D eigenvalue weighted by atomic mass is 35.5. The standard InChI is InChI=1S/C23H21ClN6/c1-23(7-2-3-8-23)15-30-22(24)19(14-27-30)18-5-4-17(13-25)28-21(18)16-6-10-29-11-9-26-20(29)12-16/h4-6,9-12,14H,2-3,7-8,15H2,1H3. The summed E-state index contributed by atoms with van der Waals surface area (Å²) in [5.74, 6) is 0. The van der Waals surface area contributed by atoms with Gasteiger partial charge in [0.15, 0.2) is 0 Å². The highest BCUT2D eigenvalue weighted by Gasteiger charge is 2.30. The summed E-state index contributed by atoms with van der Waals surface area (Å²) >= 11 is 6.80. The van der Waals surface area contributed by atoms with E-state index in [1.54, 1.807) is 18.5 Å². The van der Waals surface area contributed by atoms with Crippen molar-refractivity contribution in [1.29, 1.82) is 5.26 Å². The molecule has 0 atom stereocenters. The largest absolute Gasteiger partial charge is 0.307 e. The van der Waals surface area contributed by atoms with Crippen LogP contribution in [-0.4, -0.2) is 24.1 Å². The van der Waals surface area contributed by atoms with Gasteiger partial charge in [-0.1, -0.05) is 31.4 Å². The van der Waals surface area contributed by atoms with E-state index < -0.39 is 0 Å². The molecule has 0 spiro atoms. The second kappa shape index (κ2) is 7.26. The number of imidazole rings is 1. The van der Waals surface area contributed by atoms with Gasteiger partial charge in [0.25, 0.3) is 0 Å². The van der Waals surface area contributed by atoms with Crippen LogP contribution in [0.4, 0.5) is 0 Å². The second-order valence-corrected chi connectivity index (χ2v) is 8.70. The van der Waals surface area contributed by atoms with Gasteiger partial charge in [-0.15, -0.1) is 0 Å². The van der Waals surface area contributed by atoms with Crippen LogP contribution in [0.25, 0.3) is 28.0 Å². The molecule has 0 aromatic carbocycles. The maximum Gasteiger partial charge on any atom is 0.141 e. The normalized spacial score (nSPS) is 15.5. The third-order valence-electron chi connectivity index (χ3n) is 6.09. The summed E-state index contributed by atoms with van der Waals surface area (Å²) in [5.41, 5.74) is 4.69. The minimum Gasteiger partial charge on any atom is -0.307 e. The van der Waals surface area contributed by atoms with Gasteiger partial charge in [-0.05, 0) is 42.5 Å². The minimum absolute atomic E-state index is 0.240. The average molecular weight is 417 g/mol. The fourth-order valence-corrected chi connectivity index (χ4v) is 4.68. The van der Waals surface area contributed by atoms with Crippen molar-refractivity contribution in [2.24, 2.45) is 5.41 Å². The van der Waals surface area contributed by atoms with Gasteiger partial charge in [-0.3, -0.25) is 4.68 Å². The highest BCUT2D eigenvalue weighted by molar-refractivity contribution is 6.32. The molecule has 1 saturated carbocycles. The van der Waals surface area contributed by atoms with Crippen molar-refractivity contribution in [2.75, 3.05) is 0 Å². The summed E-state index contributed by atoms with van der Waals surface area (Å²) in [7, 11) is 0. The lowest BCUT2D eigenvalue weighted by atomic mass is 9.89. The Balaban J connectivity index is 1.60. The van der Waals surface area contributed by atoms with Crippen LogP contribution in [0.2, 0.25) is 5.15 Å². The van der Waals surface area contributed by atoms with Crippen molar-refractivity contribution >= 4 is 17.2 Å². The fraction of sp³-hybridized carbons (Fsp3) is 0.304. The number of halogens is 1. The van der Waals surface area contributed by atoms with Gasteiger partial charge in [0.05, 0.1) is 11.9 Å². The molecular weight excluding hydrogens is 396 g/mol. The van der Waals surface area contributed by atoms with Crippen LogP contribution in [0, 0.1) is 16.7 Å². The van der Waals surface area contributed by atoms with Gasteiger partial charge in [0.2, 0.25) is 0 Å². The van der Waals surface area contributed by atoms with Gasteiger partial charge < -0.3 is 4.40 Å². The van der Waals surface area contributed by atoms with Crippen molar-refractivity contribution in [3.63, 3.8) is 0 Å². The van der Waals surface area contributed by atoms with Gasteiger partial charge >= 0.3 is 0 Å². The van der Waals surface area contributed by atoms with E-state index in [4.69, 9.17) is 11.6 Å². The SMILES string of the molecule is CC1(Cn2ncc(-c3ccc(C#N)nc3-c3ccn4ccnc4c3)c2Cl)CCCC1. The van der Waals surface area contributed by atoms with Crippen LogP contribution < -0.4 is 0 Å². The van der Waals surface area contributed by atoms with E-state index in [0.29, 0.717) is 16.5 Å². The summed E-state index contributed by atoms with van der Waals surface area (Å²) < 4.78 is 3.84. The molecule has 4 heterocycles. The molecule has 1 fully saturated rings. The van der Waals surface area contributed by atoms with Crippen LogP contribution in [0.15, 0.2) is 49.1 Å². The van der Waals surface area contributed by atoms with Gasteiger partial charge in [-0.25, -0.2) is 9.97 Å². The molecule has 0 bridgehead atoms. The van der Waals surface area contributed by atoms with E-state index in [2.05, 4.69) is 28.1 Å². The maximum atomic E-state index is 9.38. The zero-order chi connectivity index (χ0) is 20.7. The molecule has 0 amide bonds. The Bertz CT molecular complexity index is 1270. The quantitative estimate of drug-likeness (QED) is 0.448. The molecule has 0 aliphatic heterocycles. The monoisotopic (exact) mass is 416 g/mol. The van der Waals surface area contributed by atoms with Crippen LogP contribution in [0.5, 0.6) is 0 Å². The zero-order valence-corrected chi connectivity index (χ0v) is 17.5. The van der Waals surface area contributed by atoms with Crippen molar-refractivity contribution in [1.82, 2.24) is 24.1 Å². The number of rotatable bonds is 4. The number of fused-ring (bicyclic) bond motifs is 1. The smallest absolute Gasteiger partial charge is 0.141 e. The molecule has 150 valence electrons. The summed E-state index contributed by atoms with van der Waals surface area (Å²) in [4.78, 5) is 8.97. The number of hydrogen-bond acceptors (Lipinski definition) is 4. The fourth-order valence-electron chi connectivity index (χ4n) is 4.43. The molecular formula is C23H21ClN6. The molecule has 0 radical (unpaired) electrons. The first-order chi connectivity index (χ1) is 14.6. The molecule has 1 aliphatic rings. The van der Waals surface area contributed by atoms with E-state index in [0.717, 1.165) is 28.9 Å². The predicted molar refractivity (Wildman–Crippen MR) is 116 cm³/mol. The summed E-state index contributed by atoms with van der Waals surface area (Å²) in [6.07, 6.45) is 12.3. The Hall–Kier alpha value is -3.17. The highest BCUT2D eigenvalue weighted by Crippen LogP contribution is 2.41. The number of pyridine rings is 2. The Morgan fingerprint density at radius 3 is 2.80 bits per heavy atom. The Kier molecular flexibility index (Phi) is 4.56. The van der Waals surface area contributed by atoms with E-state index in [-0.39, 0.29) is 5.41 Å².